The Morgan fingerprint density at radius 3 is 2.50 bits per heavy atom. The van der Waals surface area contributed by atoms with Gasteiger partial charge in [0, 0.05) is 0 Å². The molecule has 0 aromatic heterocycles. The highest BCUT2D eigenvalue weighted by Gasteiger charge is 2.08. The number of aldehydes is 1. The van der Waals surface area contributed by atoms with Gasteiger partial charge in [-0.1, -0.05) is 29.8 Å². The summed E-state index contributed by atoms with van der Waals surface area (Å²) in [4.78, 5) is 10.9. The first-order chi connectivity index (χ1) is 8.74. The van der Waals surface area contributed by atoms with Crippen LogP contribution in [-0.4, -0.2) is 11.4 Å². The van der Waals surface area contributed by atoms with E-state index in [9.17, 15) is 4.79 Å². The highest BCUT2D eigenvalue weighted by molar-refractivity contribution is 6.32. The Labute approximate surface area is 110 Å². The number of hydrogen-bond acceptors (Lipinski definition) is 3. The van der Waals surface area contributed by atoms with Gasteiger partial charge in [-0.3, -0.25) is 4.79 Å². The van der Waals surface area contributed by atoms with Crippen molar-refractivity contribution in [1.82, 2.24) is 0 Å². The zero-order valence-electron chi connectivity index (χ0n) is 9.47. The molecule has 0 aliphatic rings. The normalized spacial score (nSPS) is 10.1. The smallest absolute Gasteiger partial charge is 0.156 e. The lowest BCUT2D eigenvalue weighted by Crippen LogP contribution is -1.92. The molecule has 0 saturated heterocycles. The summed E-state index contributed by atoms with van der Waals surface area (Å²) in [5.41, 5.74) is 1.19. The van der Waals surface area contributed by atoms with Crippen molar-refractivity contribution in [2.24, 2.45) is 0 Å². The average Bonchev–Trinajstić information content (AvgIpc) is 2.42. The van der Waals surface area contributed by atoms with Crippen molar-refractivity contribution in [3.05, 3.63) is 58.6 Å². The van der Waals surface area contributed by atoms with Crippen molar-refractivity contribution in [2.45, 2.75) is 6.61 Å². The second-order valence-electron chi connectivity index (χ2n) is 3.68. The number of para-hydroxylation sites is 1. The maximum absolute atomic E-state index is 10.9. The van der Waals surface area contributed by atoms with E-state index in [0.29, 0.717) is 28.4 Å². The zero-order valence-corrected chi connectivity index (χ0v) is 10.2. The van der Waals surface area contributed by atoms with Crippen molar-refractivity contribution >= 4 is 17.9 Å². The van der Waals surface area contributed by atoms with E-state index in [2.05, 4.69) is 0 Å². The fraction of sp³-hybridized carbons (Fsp3) is 0.0714. The molecule has 1 N–H and O–H groups in total. The van der Waals surface area contributed by atoms with E-state index < -0.39 is 0 Å². The van der Waals surface area contributed by atoms with Gasteiger partial charge in [-0.05, 0) is 29.8 Å². The first-order valence-corrected chi connectivity index (χ1v) is 5.73. The van der Waals surface area contributed by atoms with Crippen molar-refractivity contribution in [3.63, 3.8) is 0 Å². The van der Waals surface area contributed by atoms with Gasteiger partial charge in [0.25, 0.3) is 0 Å². The van der Waals surface area contributed by atoms with Gasteiger partial charge in [-0.15, -0.1) is 0 Å². The Morgan fingerprint density at radius 1 is 1.17 bits per heavy atom. The van der Waals surface area contributed by atoms with E-state index in [4.69, 9.17) is 21.4 Å². The van der Waals surface area contributed by atoms with Crippen LogP contribution in [-0.2, 0) is 6.61 Å². The minimum absolute atomic E-state index is 0.0219. The predicted octanol–water partition coefficient (Wildman–Crippen LogP) is 3.44. The van der Waals surface area contributed by atoms with Crippen molar-refractivity contribution < 1.29 is 14.6 Å². The number of rotatable bonds is 4. The van der Waals surface area contributed by atoms with Gasteiger partial charge in [0.1, 0.15) is 5.75 Å². The second kappa shape index (κ2) is 5.67. The topological polar surface area (TPSA) is 46.5 Å². The van der Waals surface area contributed by atoms with Crippen LogP contribution in [0.15, 0.2) is 42.5 Å². The first-order valence-electron chi connectivity index (χ1n) is 5.36. The van der Waals surface area contributed by atoms with Crippen LogP contribution in [0.2, 0.25) is 5.02 Å². The quantitative estimate of drug-likeness (QED) is 0.859. The summed E-state index contributed by atoms with van der Waals surface area (Å²) in [6.07, 6.45) is 0.698. The molecule has 2 rings (SSSR count). The molecule has 4 heteroatoms. The Bertz CT molecular complexity index is 549. The Kier molecular flexibility index (Phi) is 3.97. The van der Waals surface area contributed by atoms with Crippen molar-refractivity contribution in [3.8, 4) is 11.5 Å². The third kappa shape index (κ3) is 2.70. The van der Waals surface area contributed by atoms with Gasteiger partial charge < -0.3 is 9.84 Å². The van der Waals surface area contributed by atoms with E-state index in [1.54, 1.807) is 42.5 Å². The van der Waals surface area contributed by atoms with Crippen molar-refractivity contribution in [2.75, 3.05) is 0 Å². The summed E-state index contributed by atoms with van der Waals surface area (Å²) in [5, 5.41) is 9.32. The SMILES string of the molecule is O=Cc1cccc(Cl)c1Oc1ccc(CO)cc1. The molecule has 0 saturated carbocycles. The number of halogens is 1. The molecule has 0 radical (unpaired) electrons. The number of ether oxygens (including phenoxy) is 1. The Hall–Kier alpha value is -1.84. The van der Waals surface area contributed by atoms with Gasteiger partial charge in [0.15, 0.2) is 12.0 Å². The van der Waals surface area contributed by atoms with Gasteiger partial charge >= 0.3 is 0 Å². The highest BCUT2D eigenvalue weighted by Crippen LogP contribution is 2.32. The van der Waals surface area contributed by atoms with Crippen LogP contribution in [0.1, 0.15) is 15.9 Å². The minimum Gasteiger partial charge on any atom is -0.455 e. The third-order valence-corrected chi connectivity index (χ3v) is 2.75. The molecule has 0 aliphatic heterocycles. The summed E-state index contributed by atoms with van der Waals surface area (Å²) < 4.78 is 5.59. The Balaban J connectivity index is 2.30. The molecule has 0 aliphatic carbocycles. The molecular weight excluding hydrogens is 252 g/mol. The van der Waals surface area contributed by atoms with Crippen LogP contribution in [0.4, 0.5) is 0 Å². The molecule has 2 aromatic carbocycles. The van der Waals surface area contributed by atoms with E-state index in [0.717, 1.165) is 5.56 Å². The van der Waals surface area contributed by atoms with Gasteiger partial charge in [0.05, 0.1) is 17.2 Å². The molecule has 0 spiro atoms. The number of carbonyl (C=O) groups excluding carboxylic acids is 1. The second-order valence-corrected chi connectivity index (χ2v) is 4.09. The van der Waals surface area contributed by atoms with Crippen molar-refractivity contribution in [1.29, 1.82) is 0 Å². The summed E-state index contributed by atoms with van der Waals surface area (Å²) in [6.45, 7) is -0.0219. The van der Waals surface area contributed by atoms with Crippen LogP contribution in [0.25, 0.3) is 0 Å². The molecular formula is C14H11ClO3. The van der Waals surface area contributed by atoms with Crippen LogP contribution in [0.3, 0.4) is 0 Å². The van der Waals surface area contributed by atoms with E-state index in [1.807, 2.05) is 0 Å². The van der Waals surface area contributed by atoms with Gasteiger partial charge in [-0.2, -0.15) is 0 Å². The summed E-state index contributed by atoms with van der Waals surface area (Å²) in [5.74, 6) is 0.898. The lowest BCUT2D eigenvalue weighted by molar-refractivity contribution is 0.112. The maximum Gasteiger partial charge on any atom is 0.156 e. The molecule has 0 unspecified atom stereocenters. The number of hydrogen-bond donors (Lipinski definition) is 1. The van der Waals surface area contributed by atoms with Crippen LogP contribution in [0, 0.1) is 0 Å². The van der Waals surface area contributed by atoms with E-state index in [-0.39, 0.29) is 6.61 Å². The number of aliphatic hydroxyl groups is 1. The monoisotopic (exact) mass is 262 g/mol. The lowest BCUT2D eigenvalue weighted by Gasteiger charge is -2.09. The van der Waals surface area contributed by atoms with E-state index in [1.165, 1.54) is 0 Å². The fourth-order valence-corrected chi connectivity index (χ4v) is 1.73. The van der Waals surface area contributed by atoms with Crippen LogP contribution >= 0.6 is 11.6 Å². The molecule has 3 nitrogen and oxygen atoms in total. The first kappa shape index (κ1) is 12.6. The van der Waals surface area contributed by atoms with Crippen LogP contribution in [0.5, 0.6) is 11.5 Å². The average molecular weight is 263 g/mol. The maximum atomic E-state index is 10.9. The summed E-state index contributed by atoms with van der Waals surface area (Å²) >= 11 is 5.99. The molecule has 2 aromatic rings. The Morgan fingerprint density at radius 2 is 1.89 bits per heavy atom. The molecule has 0 atom stereocenters. The molecule has 0 bridgehead atoms. The molecule has 0 heterocycles. The fourth-order valence-electron chi connectivity index (χ4n) is 1.51. The predicted molar refractivity (Wildman–Crippen MR) is 69.3 cm³/mol. The number of aliphatic hydroxyl groups excluding tert-OH is 1. The summed E-state index contributed by atoms with van der Waals surface area (Å²) in [7, 11) is 0. The number of carbonyl (C=O) groups is 1. The van der Waals surface area contributed by atoms with Gasteiger partial charge in [-0.25, -0.2) is 0 Å². The molecule has 18 heavy (non-hydrogen) atoms. The van der Waals surface area contributed by atoms with E-state index >= 15 is 0 Å². The molecule has 0 fully saturated rings. The largest absolute Gasteiger partial charge is 0.455 e. The third-order valence-electron chi connectivity index (χ3n) is 2.45. The van der Waals surface area contributed by atoms with Crippen LogP contribution < -0.4 is 4.74 Å². The van der Waals surface area contributed by atoms with Gasteiger partial charge in [0.2, 0.25) is 0 Å². The minimum atomic E-state index is -0.0219. The molecule has 92 valence electrons. The lowest BCUT2D eigenvalue weighted by atomic mass is 10.2. The standard InChI is InChI=1S/C14H11ClO3/c15-13-3-1-2-11(9-17)14(13)18-12-6-4-10(8-16)5-7-12/h1-7,9,16H,8H2. The molecule has 0 amide bonds. The zero-order chi connectivity index (χ0) is 13.0. The summed E-state index contributed by atoms with van der Waals surface area (Å²) in [6, 6.07) is 11.9. The highest BCUT2D eigenvalue weighted by atomic mass is 35.5. The number of benzene rings is 2.